The van der Waals surface area contributed by atoms with Crippen molar-refractivity contribution >= 4 is 28.5 Å². The number of hydrogen-bond donors (Lipinski definition) is 1. The molecule has 0 amide bonds. The van der Waals surface area contributed by atoms with Crippen molar-refractivity contribution in [2.24, 2.45) is 0 Å². The highest BCUT2D eigenvalue weighted by atomic mass is 35.5. The summed E-state index contributed by atoms with van der Waals surface area (Å²) in [4.78, 5) is 12.7. The molecular formula is C26H31ClN2O3. The maximum atomic E-state index is 12.7. The van der Waals surface area contributed by atoms with Crippen LogP contribution in [0.2, 0.25) is 5.02 Å². The second-order valence-corrected chi connectivity index (χ2v) is 9.10. The fraction of sp³-hybridized carbons (Fsp3) is 0.423. The summed E-state index contributed by atoms with van der Waals surface area (Å²) in [7, 11) is 1.66. The predicted octanol–water partition coefficient (Wildman–Crippen LogP) is 5.12. The van der Waals surface area contributed by atoms with Gasteiger partial charge in [-0.05, 0) is 68.3 Å². The van der Waals surface area contributed by atoms with Crippen molar-refractivity contribution in [3.8, 4) is 5.75 Å². The summed E-state index contributed by atoms with van der Waals surface area (Å²) in [6.45, 7) is 6.38. The lowest BCUT2D eigenvalue weighted by molar-refractivity contribution is -0.147. The molecule has 1 aliphatic heterocycles. The molecule has 170 valence electrons. The minimum Gasteiger partial charge on any atom is -0.497 e. The van der Waals surface area contributed by atoms with E-state index in [9.17, 15) is 4.79 Å². The SMILES string of the molecule is COc1ccc(C(CC(=O)OC(C)C)Cn2c3c(c4cc(Cl)ccc42)CCNCC3)cc1. The number of nitrogens with one attached hydrogen (secondary N) is 1. The van der Waals surface area contributed by atoms with Crippen molar-refractivity contribution in [1.29, 1.82) is 0 Å². The number of aromatic nitrogens is 1. The van der Waals surface area contributed by atoms with E-state index in [1.807, 2.05) is 32.0 Å². The maximum Gasteiger partial charge on any atom is 0.306 e. The number of carbonyl (C=O) groups is 1. The Hall–Kier alpha value is -2.50. The van der Waals surface area contributed by atoms with Crippen LogP contribution in [0.5, 0.6) is 5.75 Å². The van der Waals surface area contributed by atoms with Gasteiger partial charge in [0, 0.05) is 47.0 Å². The predicted molar refractivity (Wildman–Crippen MR) is 129 cm³/mol. The molecule has 5 nitrogen and oxygen atoms in total. The zero-order valence-corrected chi connectivity index (χ0v) is 19.7. The number of ether oxygens (including phenoxy) is 2. The largest absolute Gasteiger partial charge is 0.497 e. The summed E-state index contributed by atoms with van der Waals surface area (Å²) < 4.78 is 13.2. The van der Waals surface area contributed by atoms with Gasteiger partial charge in [0.1, 0.15) is 5.75 Å². The molecule has 0 fully saturated rings. The second kappa shape index (κ2) is 9.97. The van der Waals surface area contributed by atoms with Gasteiger partial charge in [0.05, 0.1) is 19.6 Å². The van der Waals surface area contributed by atoms with Crippen LogP contribution in [0.3, 0.4) is 0 Å². The molecule has 1 atom stereocenters. The number of carbonyl (C=O) groups excluding carboxylic acids is 1. The summed E-state index contributed by atoms with van der Waals surface area (Å²) in [5.74, 6) is 0.616. The number of methoxy groups -OCH3 is 1. The van der Waals surface area contributed by atoms with Crippen molar-refractivity contribution in [3.05, 3.63) is 64.3 Å². The Morgan fingerprint density at radius 3 is 2.59 bits per heavy atom. The molecule has 0 saturated heterocycles. The smallest absolute Gasteiger partial charge is 0.306 e. The summed E-state index contributed by atoms with van der Waals surface area (Å²) in [6.07, 6.45) is 2.12. The van der Waals surface area contributed by atoms with Gasteiger partial charge in [-0.25, -0.2) is 0 Å². The molecule has 1 unspecified atom stereocenters. The average molecular weight is 455 g/mol. The Bertz CT molecular complexity index is 1090. The second-order valence-electron chi connectivity index (χ2n) is 8.66. The Morgan fingerprint density at radius 1 is 1.12 bits per heavy atom. The normalized spacial score (nSPS) is 14.8. The van der Waals surface area contributed by atoms with Crippen LogP contribution in [0.4, 0.5) is 0 Å². The summed E-state index contributed by atoms with van der Waals surface area (Å²) >= 11 is 6.36. The zero-order chi connectivity index (χ0) is 22.7. The fourth-order valence-electron chi connectivity index (χ4n) is 4.66. The number of benzene rings is 2. The third kappa shape index (κ3) is 4.94. The molecule has 1 aliphatic rings. The average Bonchev–Trinajstić information content (AvgIpc) is 2.91. The monoisotopic (exact) mass is 454 g/mol. The topological polar surface area (TPSA) is 52.5 Å². The first-order valence-corrected chi connectivity index (χ1v) is 11.7. The van der Waals surface area contributed by atoms with Gasteiger partial charge in [-0.15, -0.1) is 0 Å². The number of rotatable bonds is 7. The fourth-order valence-corrected chi connectivity index (χ4v) is 4.84. The van der Waals surface area contributed by atoms with E-state index in [1.54, 1.807) is 7.11 Å². The van der Waals surface area contributed by atoms with Crippen LogP contribution in [-0.4, -0.2) is 36.8 Å². The lowest BCUT2D eigenvalue weighted by Crippen LogP contribution is -2.20. The molecule has 0 saturated carbocycles. The first kappa shape index (κ1) is 22.7. The van der Waals surface area contributed by atoms with E-state index >= 15 is 0 Å². The van der Waals surface area contributed by atoms with Crippen molar-refractivity contribution in [3.63, 3.8) is 0 Å². The number of nitrogens with zero attached hydrogens (tertiary/aromatic N) is 1. The lowest BCUT2D eigenvalue weighted by Gasteiger charge is -2.21. The Morgan fingerprint density at radius 2 is 1.88 bits per heavy atom. The Balaban J connectivity index is 1.75. The van der Waals surface area contributed by atoms with Crippen LogP contribution in [0, 0.1) is 0 Å². The molecule has 4 rings (SSSR count). The first-order valence-electron chi connectivity index (χ1n) is 11.3. The standard InChI is InChI=1S/C26H31ClN2O3/c1-17(2)32-26(30)14-19(18-4-7-21(31-3)8-5-18)16-29-24-9-6-20(27)15-23(24)22-10-12-28-13-11-25(22)29/h4-9,15,17,19,28H,10-14,16H2,1-3H3. The van der Waals surface area contributed by atoms with Gasteiger partial charge in [0.15, 0.2) is 0 Å². The number of fused-ring (bicyclic) bond motifs is 3. The van der Waals surface area contributed by atoms with E-state index in [4.69, 9.17) is 21.1 Å². The highest BCUT2D eigenvalue weighted by molar-refractivity contribution is 6.31. The molecule has 6 heteroatoms. The van der Waals surface area contributed by atoms with E-state index in [2.05, 4.69) is 34.1 Å². The molecular weight excluding hydrogens is 424 g/mol. The van der Waals surface area contributed by atoms with Crippen LogP contribution in [-0.2, 0) is 28.9 Å². The number of halogens is 1. The van der Waals surface area contributed by atoms with E-state index in [-0.39, 0.29) is 18.0 Å². The highest BCUT2D eigenvalue weighted by Gasteiger charge is 2.24. The van der Waals surface area contributed by atoms with E-state index < -0.39 is 0 Å². The molecule has 2 aromatic carbocycles. The van der Waals surface area contributed by atoms with Crippen LogP contribution < -0.4 is 10.1 Å². The number of esters is 1. The molecule has 32 heavy (non-hydrogen) atoms. The third-order valence-corrected chi connectivity index (χ3v) is 6.34. The van der Waals surface area contributed by atoms with Crippen LogP contribution in [0.1, 0.15) is 43.0 Å². The third-order valence-electron chi connectivity index (χ3n) is 6.11. The summed E-state index contributed by atoms with van der Waals surface area (Å²) in [6, 6.07) is 14.1. The lowest BCUT2D eigenvalue weighted by atomic mass is 9.95. The van der Waals surface area contributed by atoms with Gasteiger partial charge < -0.3 is 19.4 Å². The maximum absolute atomic E-state index is 12.7. The minimum atomic E-state index is -0.173. The molecule has 2 heterocycles. The van der Waals surface area contributed by atoms with Crippen LogP contribution in [0.15, 0.2) is 42.5 Å². The van der Waals surface area contributed by atoms with Gasteiger partial charge in [0.25, 0.3) is 0 Å². The van der Waals surface area contributed by atoms with Crippen LogP contribution >= 0.6 is 11.6 Å². The van der Waals surface area contributed by atoms with Gasteiger partial charge in [-0.1, -0.05) is 23.7 Å². The highest BCUT2D eigenvalue weighted by Crippen LogP contribution is 2.34. The first-order chi connectivity index (χ1) is 15.5. The minimum absolute atomic E-state index is 0.0150. The van der Waals surface area contributed by atoms with Gasteiger partial charge in [0.2, 0.25) is 0 Å². The van der Waals surface area contributed by atoms with Crippen molar-refractivity contribution < 1.29 is 14.3 Å². The van der Waals surface area contributed by atoms with Gasteiger partial charge in [-0.2, -0.15) is 0 Å². The van der Waals surface area contributed by atoms with Gasteiger partial charge >= 0.3 is 5.97 Å². The van der Waals surface area contributed by atoms with E-state index in [0.29, 0.717) is 13.0 Å². The molecule has 0 aliphatic carbocycles. The van der Waals surface area contributed by atoms with Crippen molar-refractivity contribution in [2.75, 3.05) is 20.2 Å². The zero-order valence-electron chi connectivity index (χ0n) is 19.0. The summed E-state index contributed by atoms with van der Waals surface area (Å²) in [5.41, 5.74) is 4.98. The van der Waals surface area contributed by atoms with Crippen molar-refractivity contribution in [2.45, 2.75) is 51.7 Å². The molecule has 0 radical (unpaired) electrons. The van der Waals surface area contributed by atoms with Gasteiger partial charge in [-0.3, -0.25) is 4.79 Å². The quantitative estimate of drug-likeness (QED) is 0.503. The molecule has 3 aromatic rings. The molecule has 1 aromatic heterocycles. The molecule has 0 bridgehead atoms. The van der Waals surface area contributed by atoms with Crippen molar-refractivity contribution in [1.82, 2.24) is 9.88 Å². The number of hydrogen-bond acceptors (Lipinski definition) is 4. The Labute approximate surface area is 194 Å². The van der Waals surface area contributed by atoms with E-state index in [1.165, 1.54) is 22.2 Å². The van der Waals surface area contributed by atoms with Crippen LogP contribution in [0.25, 0.3) is 10.9 Å². The van der Waals surface area contributed by atoms with E-state index in [0.717, 1.165) is 42.3 Å². The molecule has 1 N–H and O–H groups in total. The Kier molecular flexibility index (Phi) is 7.07. The summed E-state index contributed by atoms with van der Waals surface area (Å²) in [5, 5.41) is 5.47. The molecule has 0 spiro atoms.